The van der Waals surface area contributed by atoms with Gasteiger partial charge in [0.1, 0.15) is 5.75 Å². The lowest BCUT2D eigenvalue weighted by Gasteiger charge is -2.34. The number of para-hydroxylation sites is 2. The lowest BCUT2D eigenvalue weighted by molar-refractivity contribution is 0.103. The molecule has 0 saturated carbocycles. The first-order valence-electron chi connectivity index (χ1n) is 11.1. The highest BCUT2D eigenvalue weighted by atomic mass is 16.5. The number of rotatable bonds is 6. The fourth-order valence-electron chi connectivity index (χ4n) is 4.18. The number of H-pyrrole nitrogens is 1. The summed E-state index contributed by atoms with van der Waals surface area (Å²) >= 11 is 0. The molecule has 5 rings (SSSR count). The Balaban J connectivity index is 1.30. The number of fused-ring (bicyclic) bond motifs is 1. The second-order valence-electron chi connectivity index (χ2n) is 8.31. The van der Waals surface area contributed by atoms with Crippen LogP contribution < -0.4 is 9.64 Å². The van der Waals surface area contributed by atoms with Gasteiger partial charge in [-0.3, -0.25) is 4.79 Å². The molecule has 2 N–H and O–H groups in total. The molecule has 8 heteroatoms. The fraction of sp³-hybridized carbons (Fsp3) is 0.280. The summed E-state index contributed by atoms with van der Waals surface area (Å²) in [7, 11) is 0. The molecular formula is C25H25N5O3. The Bertz CT molecular complexity index is 1230. The summed E-state index contributed by atoms with van der Waals surface area (Å²) in [6, 6.07) is 14.5. The molecule has 1 atom stereocenters. The minimum atomic E-state index is -0.300. The quantitative estimate of drug-likeness (QED) is 0.435. The normalized spacial score (nSPS) is 15.5. The molecule has 2 aromatic carbocycles. The van der Waals surface area contributed by atoms with Gasteiger partial charge >= 0.3 is 0 Å². The predicted molar refractivity (Wildman–Crippen MR) is 125 cm³/mol. The van der Waals surface area contributed by atoms with Crippen LogP contribution in [0.3, 0.4) is 0 Å². The number of nitrogens with zero attached hydrogens (tertiary/aromatic N) is 4. The maximum Gasteiger partial charge on any atom is 0.263 e. The minimum absolute atomic E-state index is 0.182. The summed E-state index contributed by atoms with van der Waals surface area (Å²) in [5.74, 6) is 2.10. The highest BCUT2D eigenvalue weighted by molar-refractivity contribution is 6.08. The van der Waals surface area contributed by atoms with Gasteiger partial charge in [0.05, 0.1) is 17.1 Å². The molecule has 0 aliphatic carbocycles. The first kappa shape index (κ1) is 21.1. The third-order valence-electron chi connectivity index (χ3n) is 6.10. The van der Waals surface area contributed by atoms with Gasteiger partial charge in [-0.05, 0) is 62.1 Å². The summed E-state index contributed by atoms with van der Waals surface area (Å²) in [5, 5.41) is 9.85. The highest BCUT2D eigenvalue weighted by Crippen LogP contribution is 2.31. The number of carbonyl (C=O) groups excluding carboxylic acids is 1. The molecule has 2 aromatic heterocycles. The molecule has 3 heterocycles. The number of anilines is 1. The SMILES string of the molecule is CC(O)C1CCN(c2nccnc2Oc2ccc(C(=O)c3nc4ccccc4[nH]3)cc2)CC1. The van der Waals surface area contributed by atoms with Gasteiger partial charge in [0.15, 0.2) is 11.6 Å². The van der Waals surface area contributed by atoms with E-state index in [2.05, 4.69) is 24.8 Å². The van der Waals surface area contributed by atoms with Crippen LogP contribution in [0.25, 0.3) is 11.0 Å². The molecule has 1 aliphatic heterocycles. The van der Waals surface area contributed by atoms with Crippen molar-refractivity contribution < 1.29 is 14.6 Å². The Labute approximate surface area is 191 Å². The summed E-state index contributed by atoms with van der Waals surface area (Å²) in [5.41, 5.74) is 2.10. The van der Waals surface area contributed by atoms with E-state index in [0.717, 1.165) is 37.0 Å². The van der Waals surface area contributed by atoms with E-state index in [1.54, 1.807) is 36.7 Å². The average molecular weight is 444 g/mol. The van der Waals surface area contributed by atoms with Crippen molar-refractivity contribution in [2.24, 2.45) is 5.92 Å². The lowest BCUT2D eigenvalue weighted by Crippen LogP contribution is -2.37. The van der Waals surface area contributed by atoms with Crippen molar-refractivity contribution in [3.05, 3.63) is 72.3 Å². The van der Waals surface area contributed by atoms with E-state index in [9.17, 15) is 9.90 Å². The van der Waals surface area contributed by atoms with Crippen LogP contribution in [0.15, 0.2) is 60.9 Å². The van der Waals surface area contributed by atoms with Gasteiger partial charge in [0, 0.05) is 31.0 Å². The number of benzene rings is 2. The second kappa shape index (κ2) is 8.99. The van der Waals surface area contributed by atoms with Gasteiger partial charge < -0.3 is 19.7 Å². The van der Waals surface area contributed by atoms with Gasteiger partial charge in [-0.15, -0.1) is 0 Å². The standard InChI is InChI=1S/C25H25N5O3/c1-16(31)17-10-14-30(15-11-17)24-25(27-13-12-26-24)33-19-8-6-18(7-9-19)22(32)23-28-20-4-2-3-5-21(20)29-23/h2-9,12-13,16-17,31H,10-11,14-15H2,1H3,(H,28,29). The third-order valence-corrected chi connectivity index (χ3v) is 6.10. The number of aromatic amines is 1. The molecule has 1 aliphatic rings. The summed E-state index contributed by atoms with van der Waals surface area (Å²) < 4.78 is 6.03. The molecule has 4 aromatic rings. The van der Waals surface area contributed by atoms with Crippen LogP contribution in [-0.2, 0) is 0 Å². The largest absolute Gasteiger partial charge is 0.436 e. The molecule has 0 amide bonds. The number of nitrogens with one attached hydrogen (secondary N) is 1. The first-order valence-corrected chi connectivity index (χ1v) is 11.1. The topological polar surface area (TPSA) is 104 Å². The van der Waals surface area contributed by atoms with Crippen LogP contribution in [0.5, 0.6) is 11.6 Å². The Hall–Kier alpha value is -3.78. The number of imidazole rings is 1. The van der Waals surface area contributed by atoms with Crippen molar-refractivity contribution in [3.8, 4) is 11.6 Å². The second-order valence-corrected chi connectivity index (χ2v) is 8.31. The van der Waals surface area contributed by atoms with Crippen molar-refractivity contribution in [1.29, 1.82) is 0 Å². The molecule has 168 valence electrons. The number of hydrogen-bond donors (Lipinski definition) is 2. The maximum atomic E-state index is 12.8. The zero-order valence-electron chi connectivity index (χ0n) is 18.3. The molecule has 1 unspecified atom stereocenters. The van der Waals surface area contributed by atoms with Gasteiger partial charge in [0.25, 0.3) is 5.88 Å². The van der Waals surface area contributed by atoms with Crippen molar-refractivity contribution in [2.75, 3.05) is 18.0 Å². The Morgan fingerprint density at radius 1 is 1.09 bits per heavy atom. The van der Waals surface area contributed by atoms with E-state index in [4.69, 9.17) is 4.74 Å². The number of aromatic nitrogens is 4. The van der Waals surface area contributed by atoms with E-state index in [1.807, 2.05) is 31.2 Å². The first-order chi connectivity index (χ1) is 16.1. The molecule has 0 bridgehead atoms. The monoisotopic (exact) mass is 443 g/mol. The van der Waals surface area contributed by atoms with Gasteiger partial charge in [0.2, 0.25) is 5.78 Å². The molecule has 8 nitrogen and oxygen atoms in total. The van der Waals surface area contributed by atoms with Gasteiger partial charge in [-0.1, -0.05) is 12.1 Å². The van der Waals surface area contributed by atoms with E-state index in [1.165, 1.54) is 0 Å². The smallest absolute Gasteiger partial charge is 0.263 e. The van der Waals surface area contributed by atoms with Crippen molar-refractivity contribution in [3.63, 3.8) is 0 Å². The molecule has 33 heavy (non-hydrogen) atoms. The van der Waals surface area contributed by atoms with Gasteiger partial charge in [-0.2, -0.15) is 0 Å². The zero-order valence-corrected chi connectivity index (χ0v) is 18.3. The highest BCUT2D eigenvalue weighted by Gasteiger charge is 2.25. The Morgan fingerprint density at radius 3 is 2.55 bits per heavy atom. The predicted octanol–water partition coefficient (Wildman–Crippen LogP) is 3.97. The maximum absolute atomic E-state index is 12.8. The number of ketones is 1. The molecular weight excluding hydrogens is 418 g/mol. The van der Waals surface area contributed by atoms with Crippen LogP contribution in [0, 0.1) is 5.92 Å². The molecule has 0 radical (unpaired) electrons. The zero-order chi connectivity index (χ0) is 22.8. The number of piperidine rings is 1. The van der Waals surface area contributed by atoms with E-state index >= 15 is 0 Å². The van der Waals surface area contributed by atoms with Crippen molar-refractivity contribution >= 4 is 22.6 Å². The van der Waals surface area contributed by atoms with E-state index < -0.39 is 0 Å². The van der Waals surface area contributed by atoms with E-state index in [0.29, 0.717) is 34.8 Å². The van der Waals surface area contributed by atoms with Crippen LogP contribution >= 0.6 is 0 Å². The Kier molecular flexibility index (Phi) is 5.75. The van der Waals surface area contributed by atoms with Crippen LogP contribution in [0.2, 0.25) is 0 Å². The van der Waals surface area contributed by atoms with Gasteiger partial charge in [-0.25, -0.2) is 15.0 Å². The summed E-state index contributed by atoms with van der Waals surface area (Å²) in [6.07, 6.45) is 4.74. The number of aliphatic hydroxyl groups is 1. The van der Waals surface area contributed by atoms with E-state index in [-0.39, 0.29) is 11.9 Å². The number of hydrogen-bond acceptors (Lipinski definition) is 7. The Morgan fingerprint density at radius 2 is 1.82 bits per heavy atom. The molecule has 0 spiro atoms. The van der Waals surface area contributed by atoms with Crippen LogP contribution in [0.1, 0.15) is 35.9 Å². The third kappa shape index (κ3) is 4.42. The average Bonchev–Trinajstić information content (AvgIpc) is 3.29. The lowest BCUT2D eigenvalue weighted by atomic mass is 9.92. The number of carbonyl (C=O) groups is 1. The number of ether oxygens (including phenoxy) is 1. The fourth-order valence-corrected chi connectivity index (χ4v) is 4.18. The molecule has 1 fully saturated rings. The van der Waals surface area contributed by atoms with Crippen molar-refractivity contribution in [1.82, 2.24) is 19.9 Å². The van der Waals surface area contributed by atoms with Crippen LogP contribution in [-0.4, -0.2) is 50.0 Å². The number of aliphatic hydroxyl groups excluding tert-OH is 1. The van der Waals surface area contributed by atoms with Crippen LogP contribution in [0.4, 0.5) is 5.82 Å². The summed E-state index contributed by atoms with van der Waals surface area (Å²) in [6.45, 7) is 3.42. The summed E-state index contributed by atoms with van der Waals surface area (Å²) in [4.78, 5) is 31.3. The van der Waals surface area contributed by atoms with Crippen molar-refractivity contribution in [2.45, 2.75) is 25.9 Å². The minimum Gasteiger partial charge on any atom is -0.436 e. The molecule has 1 saturated heterocycles.